The molecule has 2 N–H and O–H groups in total. The number of nitrogens with zero attached hydrogens (tertiary/aromatic N) is 4. The lowest BCUT2D eigenvalue weighted by Crippen LogP contribution is -2.45. The van der Waals surface area contributed by atoms with E-state index in [4.69, 9.17) is 9.72 Å². The molecule has 1 aliphatic rings. The number of benzene rings is 2. The maximum absolute atomic E-state index is 12.9. The molecule has 0 spiro atoms. The summed E-state index contributed by atoms with van der Waals surface area (Å²) in [6.45, 7) is 13.2. The van der Waals surface area contributed by atoms with Crippen LogP contribution in [0.5, 0.6) is 5.75 Å². The highest BCUT2D eigenvalue weighted by molar-refractivity contribution is 9.10. The van der Waals surface area contributed by atoms with Gasteiger partial charge in [0.05, 0.1) is 23.0 Å². The van der Waals surface area contributed by atoms with Gasteiger partial charge in [-0.05, 0) is 92.0 Å². The van der Waals surface area contributed by atoms with E-state index in [0.29, 0.717) is 16.2 Å². The van der Waals surface area contributed by atoms with Crippen LogP contribution in [0.3, 0.4) is 0 Å². The Hall–Kier alpha value is -2.45. The number of halogens is 1. The van der Waals surface area contributed by atoms with E-state index >= 15 is 0 Å². The van der Waals surface area contributed by atoms with Crippen LogP contribution < -0.4 is 20.7 Å². The van der Waals surface area contributed by atoms with Crippen molar-refractivity contribution in [2.24, 2.45) is 0 Å². The molecule has 8 nitrogen and oxygen atoms in total. The minimum Gasteiger partial charge on any atom is -0.495 e. The molecule has 1 aromatic heterocycles. The summed E-state index contributed by atoms with van der Waals surface area (Å²) in [5, 5.41) is 7.48. The van der Waals surface area contributed by atoms with Crippen molar-refractivity contribution in [1.82, 2.24) is 19.8 Å². The first-order chi connectivity index (χ1) is 18.0. The van der Waals surface area contributed by atoms with Crippen molar-refractivity contribution >= 4 is 51.5 Å². The van der Waals surface area contributed by atoms with Gasteiger partial charge in [0.25, 0.3) is 0 Å². The van der Waals surface area contributed by atoms with E-state index in [2.05, 4.69) is 67.5 Å². The number of ether oxygens (including phenoxy) is 1. The van der Waals surface area contributed by atoms with Gasteiger partial charge >= 0.3 is 0 Å². The Morgan fingerprint density at radius 1 is 1.05 bits per heavy atom. The molecule has 1 fully saturated rings. The first-order valence-electron chi connectivity index (χ1n) is 12.8. The monoisotopic (exact) mass is 600 g/mol. The number of nitrogens with one attached hydrogen (secondary N) is 2. The number of likely N-dealkylation sites (N-methyl/N-ethyl adjacent to an activating group) is 1. The van der Waals surface area contributed by atoms with E-state index in [9.17, 15) is 4.57 Å². The maximum Gasteiger partial charge on any atom is 0.229 e. The van der Waals surface area contributed by atoms with Crippen molar-refractivity contribution in [3.05, 3.63) is 57.7 Å². The summed E-state index contributed by atoms with van der Waals surface area (Å²) in [5.74, 6) is 1.77. The fraction of sp³-hybridized carbons (Fsp3) is 0.429. The molecular formula is C28H38BrN6O2P. The van der Waals surface area contributed by atoms with Gasteiger partial charge in [-0.2, -0.15) is 4.98 Å². The fourth-order valence-corrected chi connectivity index (χ4v) is 6.09. The van der Waals surface area contributed by atoms with Gasteiger partial charge in [0.15, 0.2) is 0 Å². The van der Waals surface area contributed by atoms with Gasteiger partial charge in [0.2, 0.25) is 5.95 Å². The van der Waals surface area contributed by atoms with E-state index in [1.165, 1.54) is 11.1 Å². The Labute approximate surface area is 234 Å². The molecule has 0 atom stereocenters. The molecule has 1 aliphatic heterocycles. The average Bonchev–Trinajstić information content (AvgIpc) is 2.87. The van der Waals surface area contributed by atoms with Crippen LogP contribution in [0.1, 0.15) is 16.7 Å². The predicted octanol–water partition coefficient (Wildman–Crippen LogP) is 5.39. The van der Waals surface area contributed by atoms with Crippen LogP contribution in [0.25, 0.3) is 0 Å². The van der Waals surface area contributed by atoms with E-state index < -0.39 is 7.14 Å². The molecule has 4 rings (SSSR count). The van der Waals surface area contributed by atoms with Crippen molar-refractivity contribution in [2.45, 2.75) is 20.3 Å². The highest BCUT2D eigenvalue weighted by Crippen LogP contribution is 2.39. The summed E-state index contributed by atoms with van der Waals surface area (Å²) in [5.41, 5.74) is 5.12. The second-order valence-electron chi connectivity index (χ2n) is 10.4. The van der Waals surface area contributed by atoms with Crippen molar-refractivity contribution in [3.8, 4) is 5.75 Å². The van der Waals surface area contributed by atoms with Crippen LogP contribution in [-0.2, 0) is 11.0 Å². The molecule has 0 radical (unpaired) electrons. The smallest absolute Gasteiger partial charge is 0.229 e. The molecule has 0 amide bonds. The van der Waals surface area contributed by atoms with Gasteiger partial charge < -0.3 is 29.7 Å². The zero-order chi connectivity index (χ0) is 27.4. The average molecular weight is 602 g/mol. The summed E-state index contributed by atoms with van der Waals surface area (Å²) in [7, 11) is 1.37. The Morgan fingerprint density at radius 2 is 1.79 bits per heavy atom. The third kappa shape index (κ3) is 7.14. The number of hydrogen-bond donors (Lipinski definition) is 2. The largest absolute Gasteiger partial charge is 0.495 e. The quantitative estimate of drug-likeness (QED) is 0.316. The summed E-state index contributed by atoms with van der Waals surface area (Å²) in [6.07, 6.45) is 2.68. The zero-order valence-corrected chi connectivity index (χ0v) is 25.6. The van der Waals surface area contributed by atoms with Crippen molar-refractivity contribution in [3.63, 3.8) is 0 Å². The van der Waals surface area contributed by atoms with Crippen molar-refractivity contribution in [2.75, 3.05) is 70.8 Å². The number of methoxy groups -OCH3 is 1. The number of piperazine rings is 1. The first-order valence-corrected chi connectivity index (χ1v) is 16.2. The van der Waals surface area contributed by atoms with E-state index in [1.807, 2.05) is 25.1 Å². The number of aromatic nitrogens is 2. The standard InChI is InChI=1S/C28H38BrN6O2P/c1-19-7-8-23(26(15-19)38(5,6)36)31-27-22(29)18-30-28(33-27)32-24-16-20(2)21(17-25(24)37-4)9-10-35-13-11-34(3)12-14-35/h7-8,15-18H,9-14H2,1-6H3,(H2,30,31,32,33). The molecule has 0 saturated carbocycles. The van der Waals surface area contributed by atoms with E-state index in [0.717, 1.165) is 67.1 Å². The Bertz CT molecular complexity index is 1340. The van der Waals surface area contributed by atoms with E-state index in [1.54, 1.807) is 26.6 Å². The molecule has 2 heterocycles. The molecule has 204 valence electrons. The lowest BCUT2D eigenvalue weighted by molar-refractivity contribution is 0.155. The normalized spacial score (nSPS) is 14.9. The van der Waals surface area contributed by atoms with Gasteiger partial charge in [-0.1, -0.05) is 11.6 Å². The van der Waals surface area contributed by atoms with Gasteiger partial charge in [0, 0.05) is 44.2 Å². The third-order valence-corrected chi connectivity index (χ3v) is 9.04. The molecule has 38 heavy (non-hydrogen) atoms. The molecular weight excluding hydrogens is 563 g/mol. The number of rotatable bonds is 9. The lowest BCUT2D eigenvalue weighted by atomic mass is 10.0. The molecule has 0 unspecified atom stereocenters. The van der Waals surface area contributed by atoms with Crippen LogP contribution >= 0.6 is 23.1 Å². The minimum absolute atomic E-state index is 0.434. The SMILES string of the molecule is COc1cc(CCN2CCN(C)CC2)c(C)cc1Nc1ncc(Br)c(Nc2ccc(C)cc2P(C)(C)=O)n1. The summed E-state index contributed by atoms with van der Waals surface area (Å²) in [4.78, 5) is 14.1. The molecule has 0 aliphatic carbocycles. The fourth-order valence-electron chi connectivity index (χ4n) is 4.57. The summed E-state index contributed by atoms with van der Waals surface area (Å²) >= 11 is 3.55. The maximum atomic E-state index is 12.9. The zero-order valence-electron chi connectivity index (χ0n) is 23.1. The van der Waals surface area contributed by atoms with Gasteiger partial charge in [-0.3, -0.25) is 0 Å². The molecule has 1 saturated heterocycles. The Balaban J connectivity index is 1.53. The molecule has 10 heteroatoms. The molecule has 2 aromatic carbocycles. The lowest BCUT2D eigenvalue weighted by Gasteiger charge is -2.32. The summed E-state index contributed by atoms with van der Waals surface area (Å²) in [6, 6.07) is 10.1. The van der Waals surface area contributed by atoms with Crippen LogP contribution in [0.2, 0.25) is 0 Å². The number of anilines is 4. The van der Waals surface area contributed by atoms with Crippen LogP contribution in [-0.4, -0.2) is 80.0 Å². The predicted molar refractivity (Wildman–Crippen MR) is 162 cm³/mol. The molecule has 3 aromatic rings. The van der Waals surface area contributed by atoms with Gasteiger partial charge in [-0.25, -0.2) is 4.98 Å². The highest BCUT2D eigenvalue weighted by Gasteiger charge is 2.19. The summed E-state index contributed by atoms with van der Waals surface area (Å²) < 4.78 is 19.4. The number of hydrogen-bond acceptors (Lipinski definition) is 8. The van der Waals surface area contributed by atoms with Crippen molar-refractivity contribution in [1.29, 1.82) is 0 Å². The molecule has 0 bridgehead atoms. The van der Waals surface area contributed by atoms with Crippen LogP contribution in [0.15, 0.2) is 41.0 Å². The van der Waals surface area contributed by atoms with E-state index in [-0.39, 0.29) is 0 Å². The van der Waals surface area contributed by atoms with Gasteiger partial charge in [0.1, 0.15) is 18.7 Å². The number of aryl methyl sites for hydroxylation is 2. The van der Waals surface area contributed by atoms with Crippen LogP contribution in [0, 0.1) is 13.8 Å². The minimum atomic E-state index is -2.50. The third-order valence-electron chi connectivity index (χ3n) is 6.93. The van der Waals surface area contributed by atoms with Crippen LogP contribution in [0.4, 0.5) is 23.1 Å². The van der Waals surface area contributed by atoms with Gasteiger partial charge in [-0.15, -0.1) is 0 Å². The second-order valence-corrected chi connectivity index (χ2v) is 14.4. The second kappa shape index (κ2) is 12.2. The first kappa shape index (κ1) is 28.6. The Kier molecular flexibility index (Phi) is 9.14. The highest BCUT2D eigenvalue weighted by atomic mass is 79.9. The topological polar surface area (TPSA) is 82.6 Å². The van der Waals surface area contributed by atoms with Crippen molar-refractivity contribution < 1.29 is 9.30 Å². The Morgan fingerprint density at radius 3 is 2.47 bits per heavy atom.